The topological polar surface area (TPSA) is 29.9 Å². The minimum atomic E-state index is 1.11. The number of nitrogens with one attached hydrogen (secondary N) is 1. The van der Waals surface area contributed by atoms with Crippen LogP contribution in [0.2, 0.25) is 0 Å². The summed E-state index contributed by atoms with van der Waals surface area (Å²) in [6.45, 7) is 3.19. The Bertz CT molecular complexity index is 253. The average molecular weight is 181 g/mol. The lowest BCUT2D eigenvalue weighted by molar-refractivity contribution is 0.676. The fourth-order valence-corrected chi connectivity index (χ4v) is 1.51. The number of hydrogen-bond donors (Lipinski definition) is 1. The molecule has 1 aromatic heterocycles. The Hall–Kier alpha value is -0.830. The van der Waals surface area contributed by atoms with Gasteiger partial charge in [0.15, 0.2) is 0 Å². The fraction of sp³-hybridized carbons (Fsp3) is 0.700. The number of unbranched alkanes of at least 4 members (excludes halogenated alkanes) is 1. The predicted octanol–water partition coefficient (Wildman–Crippen LogP) is 1.27. The molecule has 0 amide bonds. The van der Waals surface area contributed by atoms with E-state index in [9.17, 15) is 0 Å². The van der Waals surface area contributed by atoms with E-state index in [1.165, 1.54) is 24.1 Å². The number of rotatable bonds is 5. The van der Waals surface area contributed by atoms with Crippen LogP contribution < -0.4 is 5.32 Å². The van der Waals surface area contributed by atoms with Crippen LogP contribution in [0, 0.1) is 6.92 Å². The molecule has 0 saturated carbocycles. The third-order valence-corrected chi connectivity index (χ3v) is 2.24. The number of aromatic nitrogens is 2. The fourth-order valence-electron chi connectivity index (χ4n) is 1.51. The van der Waals surface area contributed by atoms with E-state index in [1.54, 1.807) is 0 Å². The van der Waals surface area contributed by atoms with Crippen LogP contribution in [0.3, 0.4) is 0 Å². The smallest absolute Gasteiger partial charge is 0.0625 e. The van der Waals surface area contributed by atoms with Gasteiger partial charge in [-0.3, -0.25) is 4.68 Å². The van der Waals surface area contributed by atoms with E-state index in [1.807, 2.05) is 18.8 Å². The number of aryl methyl sites for hydroxylation is 3. The van der Waals surface area contributed by atoms with Gasteiger partial charge in [0.05, 0.1) is 5.69 Å². The molecule has 3 nitrogen and oxygen atoms in total. The zero-order valence-electron chi connectivity index (χ0n) is 8.80. The lowest BCUT2D eigenvalue weighted by Gasteiger charge is -1.98. The second kappa shape index (κ2) is 5.02. The lowest BCUT2D eigenvalue weighted by atomic mass is 10.1. The maximum atomic E-state index is 4.31. The van der Waals surface area contributed by atoms with E-state index >= 15 is 0 Å². The first-order chi connectivity index (χ1) is 6.24. The van der Waals surface area contributed by atoms with Gasteiger partial charge in [-0.25, -0.2) is 0 Å². The van der Waals surface area contributed by atoms with Crippen LogP contribution >= 0.6 is 0 Å². The van der Waals surface area contributed by atoms with Crippen LogP contribution in [0.25, 0.3) is 0 Å². The van der Waals surface area contributed by atoms with Gasteiger partial charge in [-0.1, -0.05) is 0 Å². The Kier molecular flexibility index (Phi) is 3.96. The highest BCUT2D eigenvalue weighted by molar-refractivity contribution is 5.15. The Morgan fingerprint density at radius 1 is 1.46 bits per heavy atom. The van der Waals surface area contributed by atoms with Crippen LogP contribution in [-0.2, 0) is 13.5 Å². The van der Waals surface area contributed by atoms with Gasteiger partial charge in [-0.15, -0.1) is 0 Å². The molecule has 1 heterocycles. The first kappa shape index (κ1) is 10.3. The second-order valence-electron chi connectivity index (χ2n) is 3.47. The molecule has 0 aliphatic rings. The number of nitrogens with zero attached hydrogens (tertiary/aromatic N) is 2. The zero-order chi connectivity index (χ0) is 9.68. The summed E-state index contributed by atoms with van der Waals surface area (Å²) in [5, 5.41) is 7.46. The molecule has 0 fully saturated rings. The summed E-state index contributed by atoms with van der Waals surface area (Å²) in [5.74, 6) is 0. The standard InChI is InChI=1S/C10H19N3/c1-9-10(8-13(3)12-9)6-4-5-7-11-2/h8,11H,4-7H2,1-3H3. The summed E-state index contributed by atoms with van der Waals surface area (Å²) in [5.41, 5.74) is 2.56. The van der Waals surface area contributed by atoms with Gasteiger partial charge < -0.3 is 5.32 Å². The van der Waals surface area contributed by atoms with Crippen molar-refractivity contribution in [3.8, 4) is 0 Å². The Morgan fingerprint density at radius 3 is 2.77 bits per heavy atom. The van der Waals surface area contributed by atoms with Crippen LogP contribution in [0.4, 0.5) is 0 Å². The summed E-state index contributed by atoms with van der Waals surface area (Å²) in [7, 11) is 3.97. The molecule has 0 spiro atoms. The Morgan fingerprint density at radius 2 is 2.23 bits per heavy atom. The molecule has 0 unspecified atom stereocenters. The highest BCUT2D eigenvalue weighted by Gasteiger charge is 2.01. The summed E-state index contributed by atoms with van der Waals surface area (Å²) in [4.78, 5) is 0. The van der Waals surface area contributed by atoms with Gasteiger partial charge in [0.1, 0.15) is 0 Å². The maximum Gasteiger partial charge on any atom is 0.0625 e. The first-order valence-electron chi connectivity index (χ1n) is 4.87. The summed E-state index contributed by atoms with van der Waals surface area (Å²) in [6, 6.07) is 0. The molecule has 0 saturated heterocycles. The van der Waals surface area contributed by atoms with Crippen LogP contribution in [0.15, 0.2) is 6.20 Å². The minimum absolute atomic E-state index is 1.11. The van der Waals surface area contributed by atoms with Gasteiger partial charge >= 0.3 is 0 Å². The first-order valence-corrected chi connectivity index (χ1v) is 4.87. The van der Waals surface area contributed by atoms with Crippen LogP contribution in [-0.4, -0.2) is 23.4 Å². The van der Waals surface area contributed by atoms with Crippen molar-refractivity contribution in [3.05, 3.63) is 17.5 Å². The van der Waals surface area contributed by atoms with Gasteiger partial charge in [-0.2, -0.15) is 5.10 Å². The largest absolute Gasteiger partial charge is 0.320 e. The van der Waals surface area contributed by atoms with Crippen molar-refractivity contribution >= 4 is 0 Å². The van der Waals surface area contributed by atoms with E-state index in [-0.39, 0.29) is 0 Å². The quantitative estimate of drug-likeness (QED) is 0.693. The molecular formula is C10H19N3. The lowest BCUT2D eigenvalue weighted by Crippen LogP contribution is -2.07. The normalized spacial score (nSPS) is 10.7. The highest BCUT2D eigenvalue weighted by atomic mass is 15.2. The molecule has 1 N–H and O–H groups in total. The van der Waals surface area contributed by atoms with Crippen molar-refractivity contribution in [2.24, 2.45) is 7.05 Å². The highest BCUT2D eigenvalue weighted by Crippen LogP contribution is 2.08. The van der Waals surface area contributed by atoms with Crippen LogP contribution in [0.1, 0.15) is 24.1 Å². The molecule has 13 heavy (non-hydrogen) atoms. The van der Waals surface area contributed by atoms with E-state index < -0.39 is 0 Å². The molecule has 1 aromatic rings. The second-order valence-corrected chi connectivity index (χ2v) is 3.47. The Balaban J connectivity index is 2.32. The molecule has 0 radical (unpaired) electrons. The summed E-state index contributed by atoms with van der Waals surface area (Å²) in [6.07, 6.45) is 5.76. The maximum absolute atomic E-state index is 4.31. The van der Waals surface area contributed by atoms with Crippen molar-refractivity contribution in [2.75, 3.05) is 13.6 Å². The molecule has 0 bridgehead atoms. The molecule has 74 valence electrons. The molecule has 0 aliphatic heterocycles. The summed E-state index contributed by atoms with van der Waals surface area (Å²) >= 11 is 0. The summed E-state index contributed by atoms with van der Waals surface area (Å²) < 4.78 is 1.89. The van der Waals surface area contributed by atoms with E-state index in [0.717, 1.165) is 13.0 Å². The minimum Gasteiger partial charge on any atom is -0.320 e. The van der Waals surface area contributed by atoms with Crippen molar-refractivity contribution in [1.29, 1.82) is 0 Å². The van der Waals surface area contributed by atoms with Gasteiger partial charge in [0.25, 0.3) is 0 Å². The average Bonchev–Trinajstić information content (AvgIpc) is 2.39. The monoisotopic (exact) mass is 181 g/mol. The Labute approximate surface area is 80.1 Å². The SMILES string of the molecule is CNCCCCc1cn(C)nc1C. The molecular weight excluding hydrogens is 162 g/mol. The van der Waals surface area contributed by atoms with Crippen LogP contribution in [0.5, 0.6) is 0 Å². The van der Waals surface area contributed by atoms with Crippen molar-refractivity contribution in [1.82, 2.24) is 15.1 Å². The zero-order valence-corrected chi connectivity index (χ0v) is 8.80. The van der Waals surface area contributed by atoms with E-state index in [0.29, 0.717) is 0 Å². The van der Waals surface area contributed by atoms with Crippen molar-refractivity contribution in [2.45, 2.75) is 26.2 Å². The van der Waals surface area contributed by atoms with Crippen molar-refractivity contribution in [3.63, 3.8) is 0 Å². The molecule has 1 rings (SSSR count). The van der Waals surface area contributed by atoms with E-state index in [2.05, 4.69) is 23.5 Å². The van der Waals surface area contributed by atoms with E-state index in [4.69, 9.17) is 0 Å². The number of hydrogen-bond acceptors (Lipinski definition) is 2. The van der Waals surface area contributed by atoms with Crippen molar-refractivity contribution < 1.29 is 0 Å². The molecule has 0 aromatic carbocycles. The molecule has 0 aliphatic carbocycles. The molecule has 0 atom stereocenters. The predicted molar refractivity (Wildman–Crippen MR) is 54.8 cm³/mol. The van der Waals surface area contributed by atoms with Gasteiger partial charge in [0.2, 0.25) is 0 Å². The third-order valence-electron chi connectivity index (χ3n) is 2.24. The van der Waals surface area contributed by atoms with Gasteiger partial charge in [0, 0.05) is 13.2 Å². The van der Waals surface area contributed by atoms with Gasteiger partial charge in [-0.05, 0) is 45.3 Å². The molecule has 3 heteroatoms. The third kappa shape index (κ3) is 3.19.